The summed E-state index contributed by atoms with van der Waals surface area (Å²) in [6.07, 6.45) is 0.820. The summed E-state index contributed by atoms with van der Waals surface area (Å²) in [5.41, 5.74) is 0.516. The van der Waals surface area contributed by atoms with Crippen molar-refractivity contribution in [1.82, 2.24) is 5.32 Å². The van der Waals surface area contributed by atoms with Crippen LogP contribution in [0.5, 0.6) is 0 Å². The van der Waals surface area contributed by atoms with Crippen molar-refractivity contribution in [3.05, 3.63) is 33.9 Å². The normalized spacial score (nSPS) is 9.89. The van der Waals surface area contributed by atoms with Crippen LogP contribution in [0.3, 0.4) is 0 Å². The Balaban J connectivity index is 3.18. The van der Waals surface area contributed by atoms with E-state index in [1.807, 2.05) is 6.92 Å². The van der Waals surface area contributed by atoms with E-state index in [1.165, 1.54) is 12.1 Å². The number of benzene rings is 1. The average Bonchev–Trinajstić information content (AvgIpc) is 2.36. The van der Waals surface area contributed by atoms with E-state index in [4.69, 9.17) is 0 Å². The van der Waals surface area contributed by atoms with Gasteiger partial charge in [0.2, 0.25) is 0 Å². The van der Waals surface area contributed by atoms with E-state index in [2.05, 4.69) is 10.6 Å². The third-order valence-electron chi connectivity index (χ3n) is 2.37. The molecule has 98 valence electrons. The molecule has 1 aromatic rings. The molecule has 1 aromatic carbocycles. The molecule has 0 unspecified atom stereocenters. The molecule has 0 aliphatic rings. The van der Waals surface area contributed by atoms with Crippen molar-refractivity contribution in [3.8, 4) is 0 Å². The van der Waals surface area contributed by atoms with Crippen molar-refractivity contribution in [1.29, 1.82) is 0 Å². The van der Waals surface area contributed by atoms with Crippen molar-refractivity contribution < 1.29 is 9.72 Å². The number of nitrogens with zero attached hydrogens (tertiary/aromatic N) is 1. The molecule has 0 saturated carbocycles. The third-order valence-corrected chi connectivity index (χ3v) is 2.37. The van der Waals surface area contributed by atoms with Gasteiger partial charge in [0.05, 0.1) is 10.5 Å². The van der Waals surface area contributed by atoms with E-state index in [0.717, 1.165) is 6.42 Å². The summed E-state index contributed by atoms with van der Waals surface area (Å²) < 4.78 is 0. The molecule has 0 atom stereocenters. The lowest BCUT2D eigenvalue weighted by Crippen LogP contribution is -2.24. The number of hydrogen-bond donors (Lipinski definition) is 2. The monoisotopic (exact) mass is 251 g/mol. The zero-order valence-corrected chi connectivity index (χ0v) is 10.5. The summed E-state index contributed by atoms with van der Waals surface area (Å²) in [6.45, 7) is 4.81. The molecular formula is C12H17N3O3. The minimum absolute atomic E-state index is 0.0767. The molecule has 2 N–H and O–H groups in total. The van der Waals surface area contributed by atoms with Crippen molar-refractivity contribution in [3.63, 3.8) is 0 Å². The molecule has 1 rings (SSSR count). The van der Waals surface area contributed by atoms with Crippen molar-refractivity contribution in [2.75, 3.05) is 18.4 Å². The molecule has 0 aromatic heterocycles. The Hall–Kier alpha value is -2.11. The summed E-state index contributed by atoms with van der Waals surface area (Å²) >= 11 is 0. The lowest BCUT2D eigenvalue weighted by Gasteiger charge is -2.11. The first-order chi connectivity index (χ1) is 8.61. The number of hydrogen-bond acceptors (Lipinski definition) is 4. The number of nitro groups is 1. The van der Waals surface area contributed by atoms with Gasteiger partial charge in [-0.2, -0.15) is 0 Å². The Morgan fingerprint density at radius 2 is 2.11 bits per heavy atom. The van der Waals surface area contributed by atoms with Gasteiger partial charge in [-0.15, -0.1) is 0 Å². The van der Waals surface area contributed by atoms with Gasteiger partial charge >= 0.3 is 0 Å². The number of rotatable bonds is 6. The number of carbonyl (C=O) groups excluding carboxylic acids is 1. The highest BCUT2D eigenvalue weighted by atomic mass is 16.6. The lowest BCUT2D eigenvalue weighted by atomic mass is 10.1. The van der Waals surface area contributed by atoms with Gasteiger partial charge < -0.3 is 10.6 Å². The van der Waals surface area contributed by atoms with Crippen molar-refractivity contribution in [2.24, 2.45) is 0 Å². The Bertz CT molecular complexity index is 446. The van der Waals surface area contributed by atoms with E-state index >= 15 is 0 Å². The fraction of sp³-hybridized carbons (Fsp3) is 0.417. The number of nitro benzene ring substituents is 1. The highest BCUT2D eigenvalue weighted by Crippen LogP contribution is 2.28. The third kappa shape index (κ3) is 3.19. The summed E-state index contributed by atoms with van der Waals surface area (Å²) in [5.74, 6) is -0.306. The van der Waals surface area contributed by atoms with Crippen LogP contribution in [0.4, 0.5) is 11.4 Å². The molecule has 6 nitrogen and oxygen atoms in total. The van der Waals surface area contributed by atoms with E-state index in [1.54, 1.807) is 13.0 Å². The van der Waals surface area contributed by atoms with Gasteiger partial charge in [0.25, 0.3) is 11.6 Å². The highest BCUT2D eigenvalue weighted by molar-refractivity contribution is 6.01. The van der Waals surface area contributed by atoms with Gasteiger partial charge in [-0.1, -0.05) is 13.0 Å². The summed E-state index contributed by atoms with van der Waals surface area (Å²) in [7, 11) is 0. The second-order valence-electron chi connectivity index (χ2n) is 3.74. The van der Waals surface area contributed by atoms with Crippen LogP contribution < -0.4 is 10.6 Å². The molecular weight excluding hydrogens is 234 g/mol. The van der Waals surface area contributed by atoms with Gasteiger partial charge in [-0.3, -0.25) is 14.9 Å². The standard InChI is InChI=1S/C12H17N3O3/c1-3-8-14-11-9(12(16)13-4-2)6-5-7-10(11)15(17)18/h5-7,14H,3-4,8H2,1-2H3,(H,13,16). The predicted octanol–water partition coefficient (Wildman–Crippen LogP) is 2.17. The smallest absolute Gasteiger partial charge is 0.293 e. The van der Waals surface area contributed by atoms with Crippen LogP contribution in [0.25, 0.3) is 0 Å². The molecule has 1 amide bonds. The SMILES string of the molecule is CCCNc1c(C(=O)NCC)cccc1[N+](=O)[O-]. The van der Waals surface area contributed by atoms with Crippen LogP contribution in [0.1, 0.15) is 30.6 Å². The van der Waals surface area contributed by atoms with E-state index in [-0.39, 0.29) is 17.3 Å². The molecule has 0 spiro atoms. The zero-order valence-electron chi connectivity index (χ0n) is 10.5. The van der Waals surface area contributed by atoms with E-state index in [0.29, 0.717) is 18.7 Å². The van der Waals surface area contributed by atoms with Crippen LogP contribution >= 0.6 is 0 Å². The summed E-state index contributed by atoms with van der Waals surface area (Å²) in [5, 5.41) is 16.5. The second kappa shape index (κ2) is 6.58. The second-order valence-corrected chi connectivity index (χ2v) is 3.74. The van der Waals surface area contributed by atoms with Gasteiger partial charge in [-0.25, -0.2) is 0 Å². The molecule has 0 aliphatic carbocycles. The van der Waals surface area contributed by atoms with Crippen LogP contribution in [-0.2, 0) is 0 Å². The predicted molar refractivity (Wildman–Crippen MR) is 69.9 cm³/mol. The molecule has 0 aliphatic heterocycles. The number of anilines is 1. The van der Waals surface area contributed by atoms with Crippen molar-refractivity contribution >= 4 is 17.3 Å². The molecule has 18 heavy (non-hydrogen) atoms. The van der Waals surface area contributed by atoms with E-state index in [9.17, 15) is 14.9 Å². The molecule has 0 saturated heterocycles. The number of nitrogens with one attached hydrogen (secondary N) is 2. The Labute approximate surface area is 106 Å². The van der Waals surface area contributed by atoms with E-state index < -0.39 is 4.92 Å². The first-order valence-electron chi connectivity index (χ1n) is 5.91. The minimum atomic E-state index is -0.485. The van der Waals surface area contributed by atoms with Gasteiger partial charge in [-0.05, 0) is 19.4 Å². The Morgan fingerprint density at radius 3 is 2.67 bits per heavy atom. The van der Waals surface area contributed by atoms with Crippen LogP contribution in [0.15, 0.2) is 18.2 Å². The van der Waals surface area contributed by atoms with Crippen LogP contribution in [0.2, 0.25) is 0 Å². The van der Waals surface area contributed by atoms with Gasteiger partial charge in [0, 0.05) is 19.2 Å². The first-order valence-corrected chi connectivity index (χ1v) is 5.91. The Morgan fingerprint density at radius 1 is 1.39 bits per heavy atom. The van der Waals surface area contributed by atoms with Gasteiger partial charge in [0.1, 0.15) is 5.69 Å². The molecule has 0 bridgehead atoms. The fourth-order valence-corrected chi connectivity index (χ4v) is 1.57. The van der Waals surface area contributed by atoms with Crippen molar-refractivity contribution in [2.45, 2.75) is 20.3 Å². The maximum atomic E-state index is 11.8. The minimum Gasteiger partial charge on any atom is -0.379 e. The maximum Gasteiger partial charge on any atom is 0.293 e. The largest absolute Gasteiger partial charge is 0.379 e. The summed E-state index contributed by atoms with van der Waals surface area (Å²) in [6, 6.07) is 4.48. The number of carbonyl (C=O) groups is 1. The van der Waals surface area contributed by atoms with Gasteiger partial charge in [0.15, 0.2) is 0 Å². The Kier molecular flexibility index (Phi) is 5.10. The maximum absolute atomic E-state index is 11.8. The average molecular weight is 251 g/mol. The lowest BCUT2D eigenvalue weighted by molar-refractivity contribution is -0.384. The number of amides is 1. The zero-order chi connectivity index (χ0) is 13.5. The summed E-state index contributed by atoms with van der Waals surface area (Å²) in [4.78, 5) is 22.3. The molecule has 0 radical (unpaired) electrons. The topological polar surface area (TPSA) is 84.3 Å². The van der Waals surface area contributed by atoms with Crippen LogP contribution in [-0.4, -0.2) is 23.9 Å². The fourth-order valence-electron chi connectivity index (χ4n) is 1.57. The van der Waals surface area contributed by atoms with Crippen LogP contribution in [0, 0.1) is 10.1 Å². The molecule has 6 heteroatoms. The number of para-hydroxylation sites is 1. The molecule has 0 fully saturated rings. The quantitative estimate of drug-likeness (QED) is 0.599. The first kappa shape index (κ1) is 14.0. The molecule has 0 heterocycles. The highest BCUT2D eigenvalue weighted by Gasteiger charge is 2.20.